The lowest BCUT2D eigenvalue weighted by Gasteiger charge is -2.14. The van der Waals surface area contributed by atoms with E-state index in [9.17, 15) is 31.1 Å². The topological polar surface area (TPSA) is 69.2 Å². The van der Waals surface area contributed by atoms with Crippen LogP contribution in [0.1, 0.15) is 15.9 Å². The molecule has 0 saturated carbocycles. The Labute approximate surface area is 201 Å². The highest BCUT2D eigenvalue weighted by Crippen LogP contribution is 2.28. The number of benzene rings is 3. The maximum Gasteiger partial charge on any atom is 0.422 e. The Morgan fingerprint density at radius 2 is 1.36 bits per heavy atom. The van der Waals surface area contributed by atoms with Gasteiger partial charge in [0.2, 0.25) is 0 Å². The fourth-order valence-corrected chi connectivity index (χ4v) is 2.70. The lowest BCUT2D eigenvalue weighted by molar-refractivity contribution is -0.154. The van der Waals surface area contributed by atoms with Crippen molar-refractivity contribution in [1.29, 1.82) is 0 Å². The van der Waals surface area contributed by atoms with Crippen molar-refractivity contribution in [2.75, 3.05) is 13.2 Å². The number of halogens is 6. The number of nitrogens with one attached hydrogen (secondary N) is 1. The van der Waals surface area contributed by atoms with E-state index >= 15 is 0 Å². The van der Waals surface area contributed by atoms with E-state index in [1.165, 1.54) is 6.21 Å². The zero-order valence-electron chi connectivity index (χ0n) is 18.3. The Hall–Kier alpha value is -4.22. The van der Waals surface area contributed by atoms with Crippen LogP contribution in [0.3, 0.4) is 0 Å². The highest BCUT2D eigenvalue weighted by Gasteiger charge is 2.30. The third-order valence-electron chi connectivity index (χ3n) is 4.23. The van der Waals surface area contributed by atoms with Crippen molar-refractivity contribution >= 4 is 12.1 Å². The van der Waals surface area contributed by atoms with Gasteiger partial charge in [-0.25, -0.2) is 5.43 Å². The number of hydrazone groups is 1. The number of ether oxygens (including phenoxy) is 3. The van der Waals surface area contributed by atoms with Crippen LogP contribution < -0.4 is 19.6 Å². The van der Waals surface area contributed by atoms with E-state index in [-0.39, 0.29) is 0 Å². The van der Waals surface area contributed by atoms with Gasteiger partial charge in [0.15, 0.2) is 13.2 Å². The van der Waals surface area contributed by atoms with E-state index in [1.54, 1.807) is 36.4 Å². The van der Waals surface area contributed by atoms with Crippen LogP contribution in [0.4, 0.5) is 26.3 Å². The van der Waals surface area contributed by atoms with Crippen molar-refractivity contribution in [3.8, 4) is 23.0 Å². The van der Waals surface area contributed by atoms with Crippen molar-refractivity contribution in [3.63, 3.8) is 0 Å². The Morgan fingerprint density at radius 1 is 0.778 bits per heavy atom. The van der Waals surface area contributed by atoms with Crippen molar-refractivity contribution in [1.82, 2.24) is 5.43 Å². The average Bonchev–Trinajstić information content (AvgIpc) is 2.82. The van der Waals surface area contributed by atoms with Crippen LogP contribution >= 0.6 is 0 Å². The molecule has 0 fully saturated rings. The molecule has 0 aliphatic carbocycles. The quantitative estimate of drug-likeness (QED) is 0.213. The molecule has 0 spiro atoms. The molecule has 0 saturated heterocycles. The van der Waals surface area contributed by atoms with Crippen LogP contribution in [0.25, 0.3) is 0 Å². The van der Waals surface area contributed by atoms with E-state index in [2.05, 4.69) is 20.0 Å². The predicted molar refractivity (Wildman–Crippen MR) is 118 cm³/mol. The van der Waals surface area contributed by atoms with Gasteiger partial charge in [0.05, 0.1) is 11.8 Å². The summed E-state index contributed by atoms with van der Waals surface area (Å²) in [6.45, 7) is -3.37. The van der Waals surface area contributed by atoms with E-state index in [1.807, 2.05) is 18.2 Å². The molecular formula is C24H18F6N2O4. The molecule has 36 heavy (non-hydrogen) atoms. The zero-order valence-corrected chi connectivity index (χ0v) is 18.3. The van der Waals surface area contributed by atoms with Gasteiger partial charge in [-0.1, -0.05) is 18.2 Å². The number of hydrogen-bond donors (Lipinski definition) is 1. The number of alkyl halides is 6. The standard InChI is InChI=1S/C24H18F6N2O4/c25-23(26,27)14-34-19-10-11-21(35-15-24(28,29)30)20(12-19)22(33)32-31-13-16-6-8-18(9-7-16)36-17-4-2-1-3-5-17/h1-13H,14-15H2,(H,32,33)/b31-13-. The molecule has 0 aliphatic heterocycles. The molecule has 0 atom stereocenters. The first-order valence-corrected chi connectivity index (χ1v) is 10.2. The Morgan fingerprint density at radius 3 is 2.00 bits per heavy atom. The largest absolute Gasteiger partial charge is 0.484 e. The molecule has 3 aromatic carbocycles. The number of hydrogen-bond acceptors (Lipinski definition) is 5. The fourth-order valence-electron chi connectivity index (χ4n) is 2.70. The normalized spacial score (nSPS) is 11.8. The fraction of sp³-hybridized carbons (Fsp3) is 0.167. The van der Waals surface area contributed by atoms with Crippen LogP contribution in [0.2, 0.25) is 0 Å². The van der Waals surface area contributed by atoms with E-state index in [0.717, 1.165) is 18.2 Å². The molecule has 0 aromatic heterocycles. The van der Waals surface area contributed by atoms with Gasteiger partial charge in [0, 0.05) is 0 Å². The number of carbonyl (C=O) groups excluding carboxylic acids is 1. The zero-order chi connectivity index (χ0) is 26.2. The number of amides is 1. The van der Waals surface area contributed by atoms with E-state index < -0.39 is 48.5 Å². The van der Waals surface area contributed by atoms with Gasteiger partial charge in [0.1, 0.15) is 23.0 Å². The molecule has 0 unspecified atom stereocenters. The van der Waals surface area contributed by atoms with Gasteiger partial charge in [-0.15, -0.1) is 0 Å². The summed E-state index contributed by atoms with van der Waals surface area (Å²) < 4.78 is 89.7. The molecule has 0 aliphatic rings. The molecule has 3 rings (SSSR count). The third-order valence-corrected chi connectivity index (χ3v) is 4.23. The molecule has 0 bridgehead atoms. The minimum atomic E-state index is -4.70. The SMILES string of the molecule is O=C(N/N=C\c1ccc(Oc2ccccc2)cc1)c1cc(OCC(F)(F)F)ccc1OCC(F)(F)F. The first-order chi connectivity index (χ1) is 17.0. The van der Waals surface area contributed by atoms with Crippen LogP contribution in [0.5, 0.6) is 23.0 Å². The maximum absolute atomic E-state index is 12.5. The average molecular weight is 512 g/mol. The van der Waals surface area contributed by atoms with E-state index in [0.29, 0.717) is 17.1 Å². The van der Waals surface area contributed by atoms with Gasteiger partial charge in [-0.05, 0) is 60.2 Å². The Balaban J connectivity index is 1.68. The molecule has 1 amide bonds. The minimum absolute atomic E-state index is 0.394. The van der Waals surface area contributed by atoms with Gasteiger partial charge in [-0.2, -0.15) is 31.4 Å². The molecule has 3 aromatic rings. The van der Waals surface area contributed by atoms with Crippen LogP contribution in [0, 0.1) is 0 Å². The second-order valence-corrected chi connectivity index (χ2v) is 7.15. The molecular weight excluding hydrogens is 494 g/mol. The first kappa shape index (κ1) is 26.4. The van der Waals surface area contributed by atoms with Crippen LogP contribution in [0.15, 0.2) is 77.9 Å². The molecule has 12 heteroatoms. The summed E-state index contributed by atoms with van der Waals surface area (Å²) in [6, 6.07) is 18.3. The minimum Gasteiger partial charge on any atom is -0.484 e. The summed E-state index contributed by atoms with van der Waals surface area (Å²) in [5, 5.41) is 3.73. The molecule has 0 heterocycles. The van der Waals surface area contributed by atoms with Crippen LogP contribution in [-0.4, -0.2) is 37.7 Å². The number of nitrogens with zero attached hydrogens (tertiary/aromatic N) is 1. The van der Waals surface area contributed by atoms with Crippen molar-refractivity contribution in [2.24, 2.45) is 5.10 Å². The first-order valence-electron chi connectivity index (χ1n) is 10.2. The van der Waals surface area contributed by atoms with Crippen molar-refractivity contribution < 1.29 is 45.3 Å². The lowest BCUT2D eigenvalue weighted by atomic mass is 10.2. The van der Waals surface area contributed by atoms with Gasteiger partial charge in [-0.3, -0.25) is 4.79 Å². The molecule has 6 nitrogen and oxygen atoms in total. The van der Waals surface area contributed by atoms with Crippen LogP contribution in [-0.2, 0) is 0 Å². The smallest absolute Gasteiger partial charge is 0.422 e. The number of para-hydroxylation sites is 1. The summed E-state index contributed by atoms with van der Waals surface area (Å²) >= 11 is 0. The predicted octanol–water partition coefficient (Wildman–Crippen LogP) is 6.13. The summed E-state index contributed by atoms with van der Waals surface area (Å²) in [4.78, 5) is 12.5. The van der Waals surface area contributed by atoms with Gasteiger partial charge >= 0.3 is 12.4 Å². The summed E-state index contributed by atoms with van der Waals surface area (Å²) in [7, 11) is 0. The van der Waals surface area contributed by atoms with E-state index in [4.69, 9.17) is 4.74 Å². The lowest BCUT2D eigenvalue weighted by Crippen LogP contribution is -2.23. The Kier molecular flexibility index (Phi) is 8.41. The monoisotopic (exact) mass is 512 g/mol. The maximum atomic E-state index is 12.5. The van der Waals surface area contributed by atoms with Crippen molar-refractivity contribution in [3.05, 3.63) is 83.9 Å². The highest BCUT2D eigenvalue weighted by atomic mass is 19.4. The summed E-state index contributed by atoms with van der Waals surface area (Å²) in [6.07, 6.45) is -8.10. The van der Waals surface area contributed by atoms with Gasteiger partial charge in [0.25, 0.3) is 5.91 Å². The second-order valence-electron chi connectivity index (χ2n) is 7.15. The highest BCUT2D eigenvalue weighted by molar-refractivity contribution is 5.97. The summed E-state index contributed by atoms with van der Waals surface area (Å²) in [5.74, 6) is -0.748. The molecule has 190 valence electrons. The Bertz CT molecular complexity index is 1180. The summed E-state index contributed by atoms with van der Waals surface area (Å²) in [5.41, 5.74) is 2.15. The van der Waals surface area contributed by atoms with Gasteiger partial charge < -0.3 is 14.2 Å². The number of carbonyl (C=O) groups is 1. The third kappa shape index (κ3) is 8.85. The molecule has 0 radical (unpaired) electrons. The number of rotatable bonds is 9. The molecule has 1 N–H and O–H groups in total. The second kappa shape index (κ2) is 11.5. The van der Waals surface area contributed by atoms with Crippen molar-refractivity contribution in [2.45, 2.75) is 12.4 Å².